The number of ether oxygens (including phenoxy) is 6. The van der Waals surface area contributed by atoms with Gasteiger partial charge in [-0.05, 0) is 109 Å². The van der Waals surface area contributed by atoms with Crippen LogP contribution in [-0.2, 0) is 6.61 Å². The first-order chi connectivity index (χ1) is 42.4. The lowest BCUT2D eigenvalue weighted by molar-refractivity contribution is 0.0998. The van der Waals surface area contributed by atoms with Crippen LogP contribution in [0, 0.1) is 0 Å². The molecule has 7 aromatic rings. The number of carbonyl (C=O) groups excluding carboxylic acids is 2. The Bertz CT molecular complexity index is 3250. The van der Waals surface area contributed by atoms with Crippen molar-refractivity contribution in [2.24, 2.45) is 10.7 Å². The third kappa shape index (κ3) is 21.7. The van der Waals surface area contributed by atoms with Gasteiger partial charge in [0.05, 0.1) is 51.6 Å². The number of fused-ring (bicyclic) bond motifs is 1. The number of nitrogens with zero attached hydrogens (tertiary/aromatic N) is 2. The van der Waals surface area contributed by atoms with Crippen LogP contribution >= 0.6 is 23.2 Å². The highest BCUT2D eigenvalue weighted by Gasteiger charge is 2.20. The van der Waals surface area contributed by atoms with Gasteiger partial charge in [-0.15, -0.1) is 0 Å². The molecule has 0 bridgehead atoms. The largest absolute Gasteiger partial charge is 0.506 e. The molecule has 0 aliphatic carbocycles. The van der Waals surface area contributed by atoms with Crippen molar-refractivity contribution in [3.8, 4) is 46.0 Å². The van der Waals surface area contributed by atoms with Crippen LogP contribution in [0.2, 0.25) is 10.0 Å². The Hall–Kier alpha value is -8.01. The fraction of sp³-hybridized carbons (Fsp3) is 0.386. The van der Waals surface area contributed by atoms with E-state index in [1.165, 1.54) is 126 Å². The van der Waals surface area contributed by atoms with Gasteiger partial charge in [0.1, 0.15) is 46.9 Å². The summed E-state index contributed by atoms with van der Waals surface area (Å²) in [6.45, 7) is 5.95. The summed E-state index contributed by atoms with van der Waals surface area (Å²) in [7, 11) is 1.54. The van der Waals surface area contributed by atoms with Gasteiger partial charge >= 0.3 is 6.09 Å². The first-order valence-electron chi connectivity index (χ1n) is 30.8. The predicted octanol–water partition coefficient (Wildman–Crippen LogP) is 19.4. The topological polar surface area (TPSA) is 196 Å². The molecule has 0 fully saturated rings. The lowest BCUT2D eigenvalue weighted by atomic mass is 10.0. The highest BCUT2D eigenvalue weighted by Crippen LogP contribution is 2.42. The van der Waals surface area contributed by atoms with Crippen molar-refractivity contribution in [3.05, 3.63) is 149 Å². The predicted molar refractivity (Wildman–Crippen MR) is 353 cm³/mol. The van der Waals surface area contributed by atoms with E-state index in [2.05, 4.69) is 29.5 Å². The van der Waals surface area contributed by atoms with Gasteiger partial charge in [-0.2, -0.15) is 0 Å². The average molecular weight is 1230 g/mol. The molecule has 0 aliphatic rings. The van der Waals surface area contributed by atoms with E-state index in [1.807, 2.05) is 48.5 Å². The first-order valence-corrected chi connectivity index (χ1v) is 31.5. The number of carbonyl (C=O) groups is 2. The van der Waals surface area contributed by atoms with Crippen molar-refractivity contribution in [2.75, 3.05) is 42.5 Å². The molecule has 464 valence electrons. The maximum atomic E-state index is 13.3. The van der Waals surface area contributed by atoms with Gasteiger partial charge in [0.25, 0.3) is 5.91 Å². The van der Waals surface area contributed by atoms with E-state index < -0.39 is 12.0 Å². The molecule has 17 heteroatoms. The Kier molecular flexibility index (Phi) is 27.7. The Balaban J connectivity index is 0.944. The van der Waals surface area contributed by atoms with E-state index in [4.69, 9.17) is 57.4 Å². The van der Waals surface area contributed by atoms with Crippen molar-refractivity contribution in [3.63, 3.8) is 0 Å². The van der Waals surface area contributed by atoms with Crippen molar-refractivity contribution in [1.29, 1.82) is 0 Å². The van der Waals surface area contributed by atoms with Gasteiger partial charge in [0.15, 0.2) is 18.9 Å². The molecule has 0 aromatic heterocycles. The maximum Gasteiger partial charge on any atom is 0.419 e. The minimum absolute atomic E-state index is 0.0256. The molecule has 0 saturated heterocycles. The van der Waals surface area contributed by atoms with E-state index >= 15 is 0 Å². The molecule has 0 atom stereocenters. The first kappa shape index (κ1) is 66.5. The number of hydrogen-bond acceptors (Lipinski definition) is 13. The van der Waals surface area contributed by atoms with Crippen LogP contribution in [0.4, 0.5) is 33.2 Å². The number of halogens is 2. The zero-order chi connectivity index (χ0) is 61.6. The number of hydrogen-bond donors (Lipinski definition) is 5. The van der Waals surface area contributed by atoms with Crippen LogP contribution in [0.3, 0.4) is 0 Å². The SMILES string of the molecule is CCCCCCCCCCCCOc1ccc(OC=Nc2cc(O)c(NCOc3ccc(OCCCCCCCCCCCC)cc3)cc2Nc2cc(Cl)c(OCc3ccc(OC(=O)N(C)c4cccc5c(O)c(C(N)=O)ccc45)cc3)c(Cl)c2)cc1. The number of primary amides is 1. The molecule has 15 nitrogen and oxygen atoms in total. The van der Waals surface area contributed by atoms with Crippen molar-refractivity contribution in [2.45, 2.75) is 149 Å². The number of phenolic OH excluding ortho intramolecular Hbond substituents is 1. The highest BCUT2D eigenvalue weighted by molar-refractivity contribution is 6.37. The van der Waals surface area contributed by atoms with Crippen molar-refractivity contribution >= 4 is 80.8 Å². The fourth-order valence-corrected chi connectivity index (χ4v) is 10.5. The normalized spacial score (nSPS) is 11.2. The number of nitrogens with two attached hydrogens (primary N) is 1. The van der Waals surface area contributed by atoms with Crippen LogP contribution < -0.4 is 49.7 Å². The van der Waals surface area contributed by atoms with Crippen LogP contribution in [0.15, 0.2) is 132 Å². The summed E-state index contributed by atoms with van der Waals surface area (Å²) in [5.41, 5.74) is 8.24. The Labute approximate surface area is 523 Å². The van der Waals surface area contributed by atoms with E-state index in [-0.39, 0.29) is 51.9 Å². The summed E-state index contributed by atoms with van der Waals surface area (Å²) in [6, 6.07) is 36.1. The number of rotatable bonds is 39. The highest BCUT2D eigenvalue weighted by atomic mass is 35.5. The lowest BCUT2D eigenvalue weighted by Crippen LogP contribution is -2.29. The number of amides is 2. The van der Waals surface area contributed by atoms with Gasteiger partial charge in [-0.25, -0.2) is 9.79 Å². The second-order valence-corrected chi connectivity index (χ2v) is 22.5. The third-order valence-electron chi connectivity index (χ3n) is 14.9. The molecule has 0 heterocycles. The fourth-order valence-electron chi connectivity index (χ4n) is 9.89. The van der Waals surface area contributed by atoms with E-state index in [1.54, 1.807) is 73.8 Å². The monoisotopic (exact) mass is 1230 g/mol. The molecule has 87 heavy (non-hydrogen) atoms. The van der Waals surface area contributed by atoms with E-state index in [0.717, 1.165) is 42.7 Å². The molecule has 0 radical (unpaired) electrons. The molecule has 7 aromatic carbocycles. The van der Waals surface area contributed by atoms with E-state index in [9.17, 15) is 19.8 Å². The molecule has 2 amide bonds. The minimum Gasteiger partial charge on any atom is -0.506 e. The number of aromatic hydroxyl groups is 2. The molecule has 7 rings (SSSR count). The summed E-state index contributed by atoms with van der Waals surface area (Å²) < 4.78 is 35.8. The molecule has 0 aliphatic heterocycles. The molecule has 0 spiro atoms. The minimum atomic E-state index is -0.768. The van der Waals surface area contributed by atoms with Gasteiger partial charge in [0.2, 0.25) is 0 Å². The number of unbranched alkanes of at least 4 members (excludes halogenated alkanes) is 18. The number of benzene rings is 7. The Morgan fingerprint density at radius 1 is 0.575 bits per heavy atom. The summed E-state index contributed by atoms with van der Waals surface area (Å²) >= 11 is 13.7. The molecular weight excluding hydrogens is 1140 g/mol. The van der Waals surface area contributed by atoms with Gasteiger partial charge in [-0.3, -0.25) is 9.69 Å². The second kappa shape index (κ2) is 36.2. The van der Waals surface area contributed by atoms with Crippen LogP contribution in [0.25, 0.3) is 10.8 Å². The standard InChI is InChI=1S/C70H85Cl2N5O10/c1-4-6-8-10-12-14-16-18-20-22-41-82-52-31-35-54(36-32-52)85-48-74-62-46-66(78)64(75-49-86-55-37-33-53(34-38-55)83-42-23-21-19-17-15-13-11-9-7-5-2)45-63(62)76-51-43-60(71)68(61(72)44-51)84-47-50-27-29-56(30-28-50)87-70(81)77(3)65-26-24-25-58-57(65)39-40-59(67(58)79)69(73)80/h24-40,43-46,48,75-76,78-79H,4-23,41-42,47,49H2,1-3H3,(H2,73,80). The number of aliphatic imine (C=N–C) groups is 1. The van der Waals surface area contributed by atoms with Crippen LogP contribution in [-0.4, -0.2) is 55.6 Å². The average Bonchev–Trinajstić information content (AvgIpc) is 2.96. The molecule has 0 unspecified atom stereocenters. The molecular formula is C70H85Cl2N5O10. The number of nitrogens with one attached hydrogen (secondary N) is 2. The Morgan fingerprint density at radius 2 is 1.09 bits per heavy atom. The summed E-state index contributed by atoms with van der Waals surface area (Å²) in [5.74, 6) is 2.11. The van der Waals surface area contributed by atoms with Gasteiger partial charge in [0, 0.05) is 29.6 Å². The quantitative estimate of drug-likeness (QED) is 0.00612. The summed E-state index contributed by atoms with van der Waals surface area (Å²) in [6.07, 6.45) is 26.0. The zero-order valence-electron chi connectivity index (χ0n) is 50.6. The van der Waals surface area contributed by atoms with Crippen molar-refractivity contribution in [1.82, 2.24) is 0 Å². The van der Waals surface area contributed by atoms with Crippen LogP contribution in [0.5, 0.6) is 46.0 Å². The Morgan fingerprint density at radius 3 is 1.64 bits per heavy atom. The third-order valence-corrected chi connectivity index (χ3v) is 15.4. The van der Waals surface area contributed by atoms with Gasteiger partial charge < -0.3 is 55.0 Å². The van der Waals surface area contributed by atoms with Crippen molar-refractivity contribution < 1.29 is 48.2 Å². The molecule has 0 saturated carbocycles. The maximum absolute atomic E-state index is 13.3. The zero-order valence-corrected chi connectivity index (χ0v) is 52.1. The number of phenols is 2. The van der Waals surface area contributed by atoms with Crippen LogP contribution in [0.1, 0.15) is 158 Å². The summed E-state index contributed by atoms with van der Waals surface area (Å²) in [4.78, 5) is 31.0. The van der Waals surface area contributed by atoms with E-state index in [0.29, 0.717) is 63.9 Å². The lowest BCUT2D eigenvalue weighted by Gasteiger charge is -2.19. The second-order valence-electron chi connectivity index (χ2n) is 21.7. The molecule has 6 N–H and O–H groups in total. The summed E-state index contributed by atoms with van der Waals surface area (Å²) in [5, 5.41) is 29.8. The van der Waals surface area contributed by atoms with Gasteiger partial charge in [-0.1, -0.05) is 183 Å². The smallest absolute Gasteiger partial charge is 0.419 e. The number of anilines is 4.